The molecule has 2 fully saturated rings. The molecule has 4 atom stereocenters. The van der Waals surface area contributed by atoms with Crippen LogP contribution in [0.5, 0.6) is 5.75 Å². The van der Waals surface area contributed by atoms with Crippen molar-refractivity contribution in [3.8, 4) is 5.75 Å². The van der Waals surface area contributed by atoms with Crippen LogP contribution in [0.25, 0.3) is 0 Å². The topological polar surface area (TPSA) is 87.1 Å². The van der Waals surface area contributed by atoms with Crippen molar-refractivity contribution in [1.29, 1.82) is 0 Å². The van der Waals surface area contributed by atoms with Crippen LogP contribution in [0.15, 0.2) is 42.6 Å². The van der Waals surface area contributed by atoms with Crippen molar-refractivity contribution in [3.63, 3.8) is 0 Å². The molecule has 2 heterocycles. The Balaban J connectivity index is 1.44. The molecule has 0 spiro atoms. The van der Waals surface area contributed by atoms with Gasteiger partial charge in [0.15, 0.2) is 0 Å². The number of aromatic nitrogens is 1. The van der Waals surface area contributed by atoms with Gasteiger partial charge in [0.05, 0.1) is 32.5 Å². The molecule has 4 unspecified atom stereocenters. The molecule has 2 aliphatic rings. The Morgan fingerprint density at radius 1 is 1.14 bits per heavy atom. The summed E-state index contributed by atoms with van der Waals surface area (Å²) in [7, 11) is 1.65. The van der Waals surface area contributed by atoms with E-state index >= 15 is 0 Å². The van der Waals surface area contributed by atoms with Crippen LogP contribution in [0.2, 0.25) is 0 Å². The number of benzene rings is 1. The highest BCUT2D eigenvalue weighted by Gasteiger charge is 2.42. The Bertz CT molecular complexity index is 778. The highest BCUT2D eigenvalue weighted by atomic mass is 16.5. The monoisotopic (exact) mass is 399 g/mol. The lowest BCUT2D eigenvalue weighted by Gasteiger charge is -2.28. The average Bonchev–Trinajstić information content (AvgIpc) is 3.07. The number of hydrogen-bond donors (Lipinski definition) is 3. The molecule has 1 aromatic carbocycles. The molecule has 4 rings (SSSR count). The van der Waals surface area contributed by atoms with E-state index in [0.717, 1.165) is 49.0 Å². The van der Waals surface area contributed by atoms with Crippen molar-refractivity contribution in [2.45, 2.75) is 37.1 Å². The first-order chi connectivity index (χ1) is 14.2. The Morgan fingerprint density at radius 3 is 2.55 bits per heavy atom. The fraction of sp³-hybridized carbons (Fsp3) is 0.500. The largest absolute Gasteiger partial charge is 0.497 e. The van der Waals surface area contributed by atoms with Crippen LogP contribution < -0.4 is 15.0 Å². The zero-order valence-corrected chi connectivity index (χ0v) is 16.7. The first kappa shape index (κ1) is 20.1. The van der Waals surface area contributed by atoms with Crippen LogP contribution in [0, 0.1) is 0 Å². The van der Waals surface area contributed by atoms with Gasteiger partial charge in [-0.1, -0.05) is 18.2 Å². The number of nitrogens with zero attached hydrogens (tertiary/aromatic N) is 2. The van der Waals surface area contributed by atoms with E-state index in [1.165, 1.54) is 0 Å². The van der Waals surface area contributed by atoms with Gasteiger partial charge in [-0.05, 0) is 35.7 Å². The molecular formula is C22H29N3O4. The second-order valence-corrected chi connectivity index (χ2v) is 7.70. The normalized spacial score (nSPS) is 27.2. The molecule has 29 heavy (non-hydrogen) atoms. The highest BCUT2D eigenvalue weighted by Crippen LogP contribution is 2.35. The lowest BCUT2D eigenvalue weighted by Crippen LogP contribution is -2.42. The number of morpholine rings is 1. The van der Waals surface area contributed by atoms with Gasteiger partial charge in [-0.3, -0.25) is 0 Å². The van der Waals surface area contributed by atoms with Gasteiger partial charge in [0, 0.05) is 37.8 Å². The predicted octanol–water partition coefficient (Wildman–Crippen LogP) is 1.29. The lowest BCUT2D eigenvalue weighted by atomic mass is 9.94. The van der Waals surface area contributed by atoms with Crippen LogP contribution >= 0.6 is 0 Å². The zero-order chi connectivity index (χ0) is 20.2. The number of nitrogens with one attached hydrogen (secondary N) is 1. The minimum atomic E-state index is -0.808. The van der Waals surface area contributed by atoms with Crippen molar-refractivity contribution < 1.29 is 19.7 Å². The third-order valence-corrected chi connectivity index (χ3v) is 5.93. The summed E-state index contributed by atoms with van der Waals surface area (Å²) < 4.78 is 10.6. The van der Waals surface area contributed by atoms with Crippen molar-refractivity contribution in [3.05, 3.63) is 53.7 Å². The molecule has 1 aliphatic carbocycles. The number of pyridine rings is 1. The maximum absolute atomic E-state index is 10.5. The van der Waals surface area contributed by atoms with E-state index < -0.39 is 12.2 Å². The molecule has 2 aromatic rings. The molecule has 0 radical (unpaired) electrons. The second-order valence-electron chi connectivity index (χ2n) is 7.70. The summed E-state index contributed by atoms with van der Waals surface area (Å²) in [5, 5.41) is 24.2. The van der Waals surface area contributed by atoms with Crippen LogP contribution in [0.3, 0.4) is 0 Å². The van der Waals surface area contributed by atoms with Crippen molar-refractivity contribution in [2.75, 3.05) is 38.3 Å². The maximum Gasteiger partial charge on any atom is 0.128 e. The molecule has 3 N–H and O–H groups in total. The Kier molecular flexibility index (Phi) is 6.30. The standard InChI is InChI=1S/C22H29N3O4/c1-28-17-5-2-15(3-6-17)13-24-21-18(12-19(26)22(21)27)16-4-7-20(23-14-16)25-8-10-29-11-9-25/h2-7,14,18-19,21-22,24,26-27H,8-13H2,1H3. The molecule has 0 bridgehead atoms. The molecule has 7 heteroatoms. The number of hydrogen-bond acceptors (Lipinski definition) is 7. The molecule has 7 nitrogen and oxygen atoms in total. The van der Waals surface area contributed by atoms with E-state index in [1.54, 1.807) is 7.11 Å². The summed E-state index contributed by atoms with van der Waals surface area (Å²) in [5.41, 5.74) is 2.13. The van der Waals surface area contributed by atoms with Crippen LogP contribution in [-0.2, 0) is 11.3 Å². The Morgan fingerprint density at radius 2 is 1.90 bits per heavy atom. The second kappa shape index (κ2) is 9.09. The van der Waals surface area contributed by atoms with E-state index in [4.69, 9.17) is 9.47 Å². The smallest absolute Gasteiger partial charge is 0.128 e. The quantitative estimate of drug-likeness (QED) is 0.675. The van der Waals surface area contributed by atoms with E-state index in [-0.39, 0.29) is 12.0 Å². The molecule has 1 saturated carbocycles. The number of rotatable bonds is 6. The summed E-state index contributed by atoms with van der Waals surface area (Å²) in [4.78, 5) is 6.85. The van der Waals surface area contributed by atoms with E-state index in [1.807, 2.05) is 36.5 Å². The van der Waals surface area contributed by atoms with Crippen LogP contribution in [-0.4, -0.2) is 66.9 Å². The number of methoxy groups -OCH3 is 1. The summed E-state index contributed by atoms with van der Waals surface area (Å²) in [5.74, 6) is 1.76. The molecule has 0 amide bonds. The van der Waals surface area contributed by atoms with Crippen molar-refractivity contribution >= 4 is 5.82 Å². The number of ether oxygens (including phenoxy) is 2. The predicted molar refractivity (Wildman–Crippen MR) is 110 cm³/mol. The van der Waals surface area contributed by atoms with Gasteiger partial charge in [0.25, 0.3) is 0 Å². The summed E-state index contributed by atoms with van der Waals surface area (Å²) >= 11 is 0. The molecule has 1 saturated heterocycles. The van der Waals surface area contributed by atoms with Gasteiger partial charge in [0.1, 0.15) is 11.6 Å². The molecule has 156 valence electrons. The number of anilines is 1. The fourth-order valence-corrected chi connectivity index (χ4v) is 4.21. The van der Waals surface area contributed by atoms with Crippen LogP contribution in [0.1, 0.15) is 23.5 Å². The first-order valence-corrected chi connectivity index (χ1v) is 10.2. The van der Waals surface area contributed by atoms with Gasteiger partial charge < -0.3 is 29.9 Å². The molecular weight excluding hydrogens is 370 g/mol. The van der Waals surface area contributed by atoms with Gasteiger partial charge in [-0.25, -0.2) is 4.98 Å². The minimum absolute atomic E-state index is 0.00416. The fourth-order valence-electron chi connectivity index (χ4n) is 4.21. The van der Waals surface area contributed by atoms with E-state index in [9.17, 15) is 10.2 Å². The minimum Gasteiger partial charge on any atom is -0.497 e. The van der Waals surface area contributed by atoms with E-state index in [0.29, 0.717) is 13.0 Å². The van der Waals surface area contributed by atoms with Crippen molar-refractivity contribution in [1.82, 2.24) is 10.3 Å². The number of aliphatic hydroxyl groups excluding tert-OH is 2. The van der Waals surface area contributed by atoms with Crippen molar-refractivity contribution in [2.24, 2.45) is 0 Å². The Hall–Kier alpha value is -2.19. The zero-order valence-electron chi connectivity index (χ0n) is 16.7. The van der Waals surface area contributed by atoms with Gasteiger partial charge >= 0.3 is 0 Å². The number of aliphatic hydroxyl groups is 2. The average molecular weight is 399 g/mol. The Labute approximate surface area is 171 Å². The maximum atomic E-state index is 10.5. The highest BCUT2D eigenvalue weighted by molar-refractivity contribution is 5.41. The third kappa shape index (κ3) is 4.53. The first-order valence-electron chi connectivity index (χ1n) is 10.2. The summed E-state index contributed by atoms with van der Waals surface area (Å²) in [6, 6.07) is 11.7. The lowest BCUT2D eigenvalue weighted by molar-refractivity contribution is 0.0297. The van der Waals surface area contributed by atoms with Gasteiger partial charge in [-0.15, -0.1) is 0 Å². The van der Waals surface area contributed by atoms with Gasteiger partial charge in [-0.2, -0.15) is 0 Å². The molecule has 1 aliphatic heterocycles. The van der Waals surface area contributed by atoms with E-state index in [2.05, 4.69) is 21.3 Å². The molecule has 1 aromatic heterocycles. The SMILES string of the molecule is COc1ccc(CNC2C(c3ccc(N4CCOCC4)nc3)CC(O)C2O)cc1. The third-order valence-electron chi connectivity index (χ3n) is 5.93. The van der Waals surface area contributed by atoms with Crippen LogP contribution in [0.4, 0.5) is 5.82 Å². The summed E-state index contributed by atoms with van der Waals surface area (Å²) in [6.45, 7) is 3.75. The summed E-state index contributed by atoms with van der Waals surface area (Å²) in [6.07, 6.45) is 0.840. The van der Waals surface area contributed by atoms with Gasteiger partial charge in [0.2, 0.25) is 0 Å².